The molecule has 154 valence electrons. The summed E-state index contributed by atoms with van der Waals surface area (Å²) in [7, 11) is -7.38. The van der Waals surface area contributed by atoms with Crippen LogP contribution in [-0.2, 0) is 12.3 Å². The van der Waals surface area contributed by atoms with E-state index in [2.05, 4.69) is 66.2 Å². The molecule has 24 heavy (non-hydrogen) atoms. The standard InChI is InChI=1S/C13H36O3Si4.4CH4/c1-11-13-18(6,7)15-20(10,12-2)16-19(8,9)14-17(3,4)5;;;;/h11-13H2,1-10H3;4*1H4. The van der Waals surface area contributed by atoms with Crippen LogP contribution in [0.15, 0.2) is 0 Å². The van der Waals surface area contributed by atoms with Gasteiger partial charge in [0.15, 0.2) is 16.6 Å². The highest BCUT2D eigenvalue weighted by atomic mass is 28.5. The Balaban J connectivity index is -0.000000301. The zero-order valence-electron chi connectivity index (χ0n) is 15.3. The largest absolute Gasteiger partial charge is 0.437 e. The molecule has 0 rings (SSSR count). The molecule has 7 heteroatoms. The van der Waals surface area contributed by atoms with E-state index in [9.17, 15) is 0 Å². The Labute approximate surface area is 160 Å². The Morgan fingerprint density at radius 3 is 1.33 bits per heavy atom. The molecule has 1 unspecified atom stereocenters. The molecular formula is C17H52O3Si4. The average Bonchev–Trinajstić information content (AvgIpc) is 2.10. The van der Waals surface area contributed by atoms with Crippen LogP contribution in [0.1, 0.15) is 50.0 Å². The highest BCUT2D eigenvalue weighted by Gasteiger charge is 2.44. The summed E-state index contributed by atoms with van der Waals surface area (Å²) in [4.78, 5) is 0. The highest BCUT2D eigenvalue weighted by Crippen LogP contribution is 2.28. The first-order valence-electron chi connectivity index (χ1n) is 7.85. The molecule has 0 aromatic heterocycles. The van der Waals surface area contributed by atoms with Gasteiger partial charge in [0.2, 0.25) is 0 Å². The van der Waals surface area contributed by atoms with Crippen LogP contribution in [-0.4, -0.2) is 33.8 Å². The van der Waals surface area contributed by atoms with Crippen molar-refractivity contribution in [2.24, 2.45) is 0 Å². The smallest absolute Gasteiger partial charge is 0.315 e. The molecule has 0 aliphatic rings. The molecule has 0 aliphatic carbocycles. The van der Waals surface area contributed by atoms with Gasteiger partial charge in [-0.15, -0.1) is 0 Å². The van der Waals surface area contributed by atoms with Gasteiger partial charge < -0.3 is 12.3 Å². The molecule has 1 atom stereocenters. The first-order valence-corrected chi connectivity index (χ1v) is 19.7. The van der Waals surface area contributed by atoms with Crippen LogP contribution >= 0.6 is 0 Å². The Morgan fingerprint density at radius 2 is 1.04 bits per heavy atom. The number of rotatable bonds is 9. The van der Waals surface area contributed by atoms with Crippen molar-refractivity contribution in [3.63, 3.8) is 0 Å². The molecular weight excluding hydrogens is 365 g/mol. The summed E-state index contributed by atoms with van der Waals surface area (Å²) in [6.07, 6.45) is 1.19. The van der Waals surface area contributed by atoms with E-state index in [0.29, 0.717) is 0 Å². The van der Waals surface area contributed by atoms with Gasteiger partial charge in [-0.25, -0.2) is 0 Å². The van der Waals surface area contributed by atoms with Gasteiger partial charge in [-0.1, -0.05) is 50.0 Å². The zero-order chi connectivity index (χ0) is 16.2. The lowest BCUT2D eigenvalue weighted by atomic mass is 10.6. The summed E-state index contributed by atoms with van der Waals surface area (Å²) in [6, 6.07) is 2.20. The topological polar surface area (TPSA) is 27.7 Å². The summed E-state index contributed by atoms with van der Waals surface area (Å²) in [5, 5.41) is 0. The maximum absolute atomic E-state index is 6.59. The molecule has 0 spiro atoms. The second kappa shape index (κ2) is 13.0. The lowest BCUT2D eigenvalue weighted by molar-refractivity contribution is 0.323. The lowest BCUT2D eigenvalue weighted by Gasteiger charge is -2.41. The Morgan fingerprint density at radius 1 is 0.625 bits per heavy atom. The molecule has 0 heterocycles. The van der Waals surface area contributed by atoms with E-state index in [-0.39, 0.29) is 29.7 Å². The molecule has 0 aliphatic heterocycles. The first kappa shape index (κ1) is 35.8. The van der Waals surface area contributed by atoms with Crippen LogP contribution < -0.4 is 0 Å². The van der Waals surface area contributed by atoms with E-state index >= 15 is 0 Å². The number of hydrogen-bond acceptors (Lipinski definition) is 3. The second-order valence-electron chi connectivity index (χ2n) is 7.82. The van der Waals surface area contributed by atoms with E-state index in [4.69, 9.17) is 12.3 Å². The van der Waals surface area contributed by atoms with Gasteiger partial charge in [0.1, 0.15) is 0 Å². The average molecular weight is 417 g/mol. The number of hydrogen-bond donors (Lipinski definition) is 0. The van der Waals surface area contributed by atoms with Crippen molar-refractivity contribution in [2.45, 2.75) is 114 Å². The van der Waals surface area contributed by atoms with E-state index in [1.807, 2.05) is 0 Å². The van der Waals surface area contributed by atoms with Crippen LogP contribution in [0.2, 0.25) is 64.5 Å². The van der Waals surface area contributed by atoms with E-state index < -0.39 is 33.8 Å². The van der Waals surface area contributed by atoms with E-state index in [1.54, 1.807) is 0 Å². The minimum Gasteiger partial charge on any atom is -0.437 e. The molecule has 0 aromatic carbocycles. The molecule has 0 aromatic rings. The van der Waals surface area contributed by atoms with Crippen molar-refractivity contribution in [3.05, 3.63) is 0 Å². The van der Waals surface area contributed by atoms with Gasteiger partial charge in [0.25, 0.3) is 0 Å². The van der Waals surface area contributed by atoms with Crippen molar-refractivity contribution in [2.75, 3.05) is 0 Å². The van der Waals surface area contributed by atoms with E-state index in [1.165, 1.54) is 12.5 Å². The van der Waals surface area contributed by atoms with Crippen molar-refractivity contribution in [1.29, 1.82) is 0 Å². The molecule has 3 nitrogen and oxygen atoms in total. The van der Waals surface area contributed by atoms with Gasteiger partial charge in [-0.2, -0.15) is 0 Å². The fourth-order valence-corrected chi connectivity index (χ4v) is 21.3. The molecule has 0 saturated carbocycles. The summed E-state index contributed by atoms with van der Waals surface area (Å²) >= 11 is 0. The van der Waals surface area contributed by atoms with Crippen molar-refractivity contribution >= 4 is 33.8 Å². The van der Waals surface area contributed by atoms with Crippen LogP contribution in [0.4, 0.5) is 0 Å². The summed E-state index contributed by atoms with van der Waals surface area (Å²) in [6.45, 7) is 22.3. The summed E-state index contributed by atoms with van der Waals surface area (Å²) in [5.41, 5.74) is 0. The van der Waals surface area contributed by atoms with Gasteiger partial charge >= 0.3 is 17.1 Å². The summed E-state index contributed by atoms with van der Waals surface area (Å²) in [5.74, 6) is 0. The lowest BCUT2D eigenvalue weighted by Crippen LogP contribution is -2.57. The normalized spacial score (nSPS) is 14.2. The fraction of sp³-hybridized carbons (Fsp3) is 1.00. The molecule has 0 bridgehead atoms. The van der Waals surface area contributed by atoms with Crippen LogP contribution in [0.3, 0.4) is 0 Å². The van der Waals surface area contributed by atoms with Crippen LogP contribution in [0.25, 0.3) is 0 Å². The predicted octanol–water partition coefficient (Wildman–Crippen LogP) is 7.82. The third-order valence-electron chi connectivity index (χ3n) is 3.00. The SMILES string of the molecule is C.C.C.C.CCC[Si](C)(C)O[Si](C)(CC)O[Si](C)(C)O[Si](C)(C)C. The quantitative estimate of drug-likeness (QED) is 0.358. The molecule has 0 saturated heterocycles. The Hall–Kier alpha value is 0.748. The Kier molecular flexibility index (Phi) is 19.4. The van der Waals surface area contributed by atoms with Gasteiger partial charge in [-0.05, 0) is 64.5 Å². The van der Waals surface area contributed by atoms with Crippen molar-refractivity contribution in [1.82, 2.24) is 0 Å². The third kappa shape index (κ3) is 16.2. The van der Waals surface area contributed by atoms with E-state index in [0.717, 1.165) is 6.04 Å². The summed E-state index contributed by atoms with van der Waals surface area (Å²) < 4.78 is 19.4. The van der Waals surface area contributed by atoms with Crippen LogP contribution in [0, 0.1) is 0 Å². The van der Waals surface area contributed by atoms with Crippen molar-refractivity contribution in [3.8, 4) is 0 Å². The first-order chi connectivity index (χ1) is 8.74. The minimum atomic E-state index is -2.11. The monoisotopic (exact) mass is 416 g/mol. The maximum Gasteiger partial charge on any atom is 0.315 e. The molecule has 0 radical (unpaired) electrons. The highest BCUT2D eigenvalue weighted by molar-refractivity contribution is 6.89. The zero-order valence-corrected chi connectivity index (χ0v) is 19.3. The maximum atomic E-state index is 6.59. The van der Waals surface area contributed by atoms with Gasteiger partial charge in [0, 0.05) is 0 Å². The predicted molar refractivity (Wildman–Crippen MR) is 126 cm³/mol. The molecule has 0 N–H and O–H groups in total. The third-order valence-corrected chi connectivity index (χ3v) is 18.0. The Bertz CT molecular complexity index is 305. The van der Waals surface area contributed by atoms with Crippen LogP contribution in [0.5, 0.6) is 0 Å². The minimum absolute atomic E-state index is 0. The van der Waals surface area contributed by atoms with Gasteiger partial charge in [-0.3, -0.25) is 0 Å². The fourth-order valence-electron chi connectivity index (χ4n) is 2.68. The molecule has 0 amide bonds. The van der Waals surface area contributed by atoms with Crippen molar-refractivity contribution < 1.29 is 12.3 Å². The van der Waals surface area contributed by atoms with Gasteiger partial charge in [0.05, 0.1) is 0 Å². The second-order valence-corrected chi connectivity index (χ2v) is 24.3. The molecule has 0 fully saturated rings.